The summed E-state index contributed by atoms with van der Waals surface area (Å²) in [6, 6.07) is 12.8. The van der Waals surface area contributed by atoms with Gasteiger partial charge >= 0.3 is 0 Å². The fourth-order valence-corrected chi connectivity index (χ4v) is 3.13. The van der Waals surface area contributed by atoms with Gasteiger partial charge in [-0.3, -0.25) is 4.79 Å². The zero-order chi connectivity index (χ0) is 21.3. The third kappa shape index (κ3) is 3.85. The molecule has 150 valence electrons. The number of pyridine rings is 1. The van der Waals surface area contributed by atoms with Gasteiger partial charge in [-0.1, -0.05) is 23.7 Å². The van der Waals surface area contributed by atoms with Crippen molar-refractivity contribution in [2.75, 3.05) is 11.1 Å². The number of carbonyl (C=O) groups is 1. The van der Waals surface area contributed by atoms with Crippen molar-refractivity contribution in [1.29, 1.82) is 0 Å². The van der Waals surface area contributed by atoms with Gasteiger partial charge in [-0.05, 0) is 42.5 Å². The van der Waals surface area contributed by atoms with Gasteiger partial charge in [-0.2, -0.15) is 0 Å². The maximum Gasteiger partial charge on any atom is 0.256 e. The highest BCUT2D eigenvalue weighted by Crippen LogP contribution is 2.33. The van der Waals surface area contributed by atoms with Gasteiger partial charge in [0.2, 0.25) is 0 Å². The summed E-state index contributed by atoms with van der Waals surface area (Å²) in [5.74, 6) is -0.871. The van der Waals surface area contributed by atoms with E-state index in [4.69, 9.17) is 17.3 Å². The Balaban J connectivity index is 1.58. The quantitative estimate of drug-likeness (QED) is 0.433. The van der Waals surface area contributed by atoms with Gasteiger partial charge in [0.25, 0.3) is 5.91 Å². The lowest BCUT2D eigenvalue weighted by Crippen LogP contribution is -2.13. The fraction of sp³-hybridized carbons (Fsp3) is 0. The minimum atomic E-state index is -0.531. The molecule has 4 N–H and O–H groups in total. The van der Waals surface area contributed by atoms with Gasteiger partial charge in [-0.25, -0.2) is 18.7 Å². The van der Waals surface area contributed by atoms with E-state index in [0.717, 1.165) is 6.07 Å². The Morgan fingerprint density at radius 3 is 2.60 bits per heavy atom. The molecule has 0 bridgehead atoms. The van der Waals surface area contributed by atoms with Crippen LogP contribution in [0.1, 0.15) is 10.4 Å². The normalized spacial score (nSPS) is 10.8. The molecule has 0 aliphatic heterocycles. The first-order chi connectivity index (χ1) is 14.4. The third-order valence-corrected chi connectivity index (χ3v) is 4.61. The van der Waals surface area contributed by atoms with Gasteiger partial charge < -0.3 is 16.0 Å². The number of nitrogens with one attached hydrogen (secondary N) is 2. The number of nitrogens with two attached hydrogens (primary N) is 1. The number of imidazole rings is 1. The van der Waals surface area contributed by atoms with Gasteiger partial charge in [0.15, 0.2) is 0 Å². The Morgan fingerprint density at radius 2 is 1.90 bits per heavy atom. The topological polar surface area (TPSA) is 96.7 Å². The summed E-state index contributed by atoms with van der Waals surface area (Å²) in [6.45, 7) is 0. The minimum Gasteiger partial charge on any atom is -0.383 e. The molecule has 2 aromatic heterocycles. The number of benzene rings is 2. The molecule has 2 heterocycles. The van der Waals surface area contributed by atoms with Crippen LogP contribution >= 0.6 is 11.6 Å². The Bertz CT molecular complexity index is 1220. The van der Waals surface area contributed by atoms with Crippen LogP contribution in [-0.2, 0) is 0 Å². The van der Waals surface area contributed by atoms with E-state index in [2.05, 4.69) is 20.3 Å². The Hall–Kier alpha value is -3.78. The fourth-order valence-electron chi connectivity index (χ4n) is 2.88. The van der Waals surface area contributed by atoms with Crippen molar-refractivity contribution in [2.24, 2.45) is 0 Å². The molecule has 9 heteroatoms. The van der Waals surface area contributed by atoms with Gasteiger partial charge in [-0.15, -0.1) is 0 Å². The van der Waals surface area contributed by atoms with Crippen LogP contribution in [0, 0.1) is 11.6 Å². The SMILES string of the molecule is Nc1[nH]c(-c2c(F)cccc2Cl)nc1-c1ccc(NC(=O)c2cccc(F)c2)nc1. The van der Waals surface area contributed by atoms with Crippen molar-refractivity contribution in [3.63, 3.8) is 0 Å². The second-order valence-electron chi connectivity index (χ2n) is 6.34. The van der Waals surface area contributed by atoms with E-state index in [9.17, 15) is 13.6 Å². The van der Waals surface area contributed by atoms with Crippen molar-refractivity contribution >= 4 is 29.1 Å². The smallest absolute Gasteiger partial charge is 0.256 e. The summed E-state index contributed by atoms with van der Waals surface area (Å²) < 4.78 is 27.4. The second-order valence-corrected chi connectivity index (χ2v) is 6.75. The van der Waals surface area contributed by atoms with Gasteiger partial charge in [0.05, 0.1) is 10.6 Å². The number of amides is 1. The summed E-state index contributed by atoms with van der Waals surface area (Å²) in [5, 5.41) is 2.78. The molecule has 0 aliphatic rings. The molecule has 0 atom stereocenters. The number of anilines is 2. The number of aromatic nitrogens is 3. The molecule has 2 aromatic carbocycles. The molecule has 0 unspecified atom stereocenters. The number of rotatable bonds is 4. The predicted octanol–water partition coefficient (Wildman–Crippen LogP) is 4.90. The standard InChI is InChI=1S/C21H14ClF2N5O/c22-14-5-2-6-15(24)17(14)20-28-18(19(25)29-20)12-7-8-16(26-10-12)27-21(30)11-3-1-4-13(23)9-11/h1-10H,25H2,(H,28,29)(H,26,27,30). The van der Waals surface area contributed by atoms with Gasteiger partial charge in [0, 0.05) is 17.3 Å². The molecule has 4 rings (SSSR count). The number of nitrogens with zero attached hydrogens (tertiary/aromatic N) is 2. The number of hydrogen-bond acceptors (Lipinski definition) is 4. The Labute approximate surface area is 174 Å². The number of hydrogen-bond donors (Lipinski definition) is 3. The highest BCUT2D eigenvalue weighted by Gasteiger charge is 2.17. The third-order valence-electron chi connectivity index (χ3n) is 4.30. The van der Waals surface area contributed by atoms with E-state index in [1.54, 1.807) is 18.2 Å². The molecule has 0 fully saturated rings. The largest absolute Gasteiger partial charge is 0.383 e. The first kappa shape index (κ1) is 19.5. The summed E-state index contributed by atoms with van der Waals surface area (Å²) in [7, 11) is 0. The van der Waals surface area contributed by atoms with E-state index in [0.29, 0.717) is 11.3 Å². The zero-order valence-electron chi connectivity index (χ0n) is 15.3. The first-order valence-corrected chi connectivity index (χ1v) is 9.13. The maximum atomic E-state index is 14.2. The minimum absolute atomic E-state index is 0.115. The lowest BCUT2D eigenvalue weighted by atomic mass is 10.2. The first-order valence-electron chi connectivity index (χ1n) is 8.75. The van der Waals surface area contributed by atoms with Crippen molar-refractivity contribution in [3.8, 4) is 22.6 Å². The van der Waals surface area contributed by atoms with Crippen molar-refractivity contribution in [3.05, 3.63) is 83.0 Å². The lowest BCUT2D eigenvalue weighted by Gasteiger charge is -2.05. The number of halogens is 3. The molecular formula is C21H14ClF2N5O. The van der Waals surface area contributed by atoms with Crippen LogP contribution in [0.4, 0.5) is 20.4 Å². The van der Waals surface area contributed by atoms with E-state index in [-0.39, 0.29) is 33.6 Å². The summed E-state index contributed by atoms with van der Waals surface area (Å²) >= 11 is 6.08. The van der Waals surface area contributed by atoms with Crippen LogP contribution in [0.2, 0.25) is 5.02 Å². The van der Waals surface area contributed by atoms with Gasteiger partial charge in [0.1, 0.15) is 34.8 Å². The molecule has 1 amide bonds. The molecule has 0 saturated heterocycles. The molecule has 0 aliphatic carbocycles. The van der Waals surface area contributed by atoms with Crippen molar-refractivity contribution in [2.45, 2.75) is 0 Å². The van der Waals surface area contributed by atoms with Crippen LogP contribution in [0.25, 0.3) is 22.6 Å². The summed E-state index contributed by atoms with van der Waals surface area (Å²) in [6.07, 6.45) is 1.46. The van der Waals surface area contributed by atoms with E-state index in [1.807, 2.05) is 0 Å². The molecule has 0 saturated carbocycles. The van der Waals surface area contributed by atoms with Crippen LogP contribution in [0.5, 0.6) is 0 Å². The highest BCUT2D eigenvalue weighted by molar-refractivity contribution is 6.33. The predicted molar refractivity (Wildman–Crippen MR) is 111 cm³/mol. The number of carbonyl (C=O) groups excluding carboxylic acids is 1. The van der Waals surface area contributed by atoms with Crippen LogP contribution in [0.15, 0.2) is 60.8 Å². The molecule has 6 nitrogen and oxygen atoms in total. The van der Waals surface area contributed by atoms with Crippen molar-refractivity contribution < 1.29 is 13.6 Å². The molecular weight excluding hydrogens is 412 g/mol. The lowest BCUT2D eigenvalue weighted by molar-refractivity contribution is 0.102. The van der Waals surface area contributed by atoms with Crippen LogP contribution in [0.3, 0.4) is 0 Å². The second kappa shape index (κ2) is 7.92. The van der Waals surface area contributed by atoms with Crippen LogP contribution in [-0.4, -0.2) is 20.9 Å². The number of H-pyrrole nitrogens is 1. The molecule has 4 aromatic rings. The maximum absolute atomic E-state index is 14.2. The average molecular weight is 426 g/mol. The summed E-state index contributed by atoms with van der Waals surface area (Å²) in [5.41, 5.74) is 7.20. The van der Waals surface area contributed by atoms with E-state index < -0.39 is 17.5 Å². The monoisotopic (exact) mass is 425 g/mol. The summed E-state index contributed by atoms with van der Waals surface area (Å²) in [4.78, 5) is 23.5. The Morgan fingerprint density at radius 1 is 1.10 bits per heavy atom. The zero-order valence-corrected chi connectivity index (χ0v) is 16.0. The average Bonchev–Trinajstić information content (AvgIpc) is 3.09. The molecule has 0 radical (unpaired) electrons. The Kier molecular flexibility index (Phi) is 5.16. The van der Waals surface area contributed by atoms with Crippen LogP contribution < -0.4 is 11.1 Å². The highest BCUT2D eigenvalue weighted by atomic mass is 35.5. The van der Waals surface area contributed by atoms with E-state index in [1.165, 1.54) is 36.5 Å². The number of aromatic amines is 1. The van der Waals surface area contributed by atoms with Crippen molar-refractivity contribution in [1.82, 2.24) is 15.0 Å². The number of nitrogen functional groups attached to an aromatic ring is 1. The van der Waals surface area contributed by atoms with E-state index >= 15 is 0 Å². The molecule has 0 spiro atoms. The molecule has 30 heavy (non-hydrogen) atoms.